The van der Waals surface area contributed by atoms with E-state index in [1.54, 1.807) is 0 Å². The first-order chi connectivity index (χ1) is 8.90. The minimum absolute atomic E-state index is 0.00106. The summed E-state index contributed by atoms with van der Waals surface area (Å²) in [6.07, 6.45) is -0.871. The van der Waals surface area contributed by atoms with Crippen molar-refractivity contribution in [3.63, 3.8) is 0 Å². The normalized spacial score (nSPS) is 12.5. The third kappa shape index (κ3) is 3.19. The average Bonchev–Trinajstić information content (AvgIpc) is 2.36. The van der Waals surface area contributed by atoms with Crippen LogP contribution < -0.4 is 0 Å². The minimum atomic E-state index is -0.871. The molecule has 2 aromatic carbocycles. The third-order valence-corrected chi connectivity index (χ3v) is 4.66. The van der Waals surface area contributed by atoms with E-state index in [0.717, 1.165) is 14.5 Å². The highest BCUT2D eigenvalue weighted by Crippen LogP contribution is 2.33. The second kappa shape index (κ2) is 5.92. The summed E-state index contributed by atoms with van der Waals surface area (Å²) in [6.45, 7) is 1.96. The molecular formula is C14H10Br2ClFO. The Labute approximate surface area is 132 Å². The maximum absolute atomic E-state index is 13.1. The smallest absolute Gasteiger partial charge is 0.141 e. The van der Waals surface area contributed by atoms with Gasteiger partial charge in [0.05, 0.1) is 5.02 Å². The van der Waals surface area contributed by atoms with Crippen LogP contribution in [0.2, 0.25) is 5.02 Å². The van der Waals surface area contributed by atoms with E-state index in [2.05, 4.69) is 31.9 Å². The number of hydrogen-bond donors (Lipinski definition) is 1. The zero-order chi connectivity index (χ0) is 14.2. The zero-order valence-corrected chi connectivity index (χ0v) is 13.9. The van der Waals surface area contributed by atoms with E-state index in [9.17, 15) is 9.50 Å². The molecule has 1 N–H and O–H groups in total. The highest BCUT2D eigenvalue weighted by atomic mass is 79.9. The van der Waals surface area contributed by atoms with Crippen LogP contribution in [0, 0.1) is 12.7 Å². The Balaban J connectivity index is 2.46. The molecule has 0 aliphatic heterocycles. The van der Waals surface area contributed by atoms with E-state index in [0.29, 0.717) is 11.1 Å². The molecule has 0 heterocycles. The van der Waals surface area contributed by atoms with E-state index in [1.165, 1.54) is 18.2 Å². The maximum atomic E-state index is 13.1. The molecular weight excluding hydrogens is 398 g/mol. The summed E-state index contributed by atoms with van der Waals surface area (Å²) in [5.41, 5.74) is 2.29. The fraction of sp³-hybridized carbons (Fsp3) is 0.143. The standard InChI is InChI=1S/C14H10Br2ClFO/c1-7-4-11(16)9(6-10(7)15)14(19)8-2-3-13(18)12(17)5-8/h2-6,14,19H,1H3. The maximum Gasteiger partial charge on any atom is 0.141 e. The first kappa shape index (κ1) is 15.0. The van der Waals surface area contributed by atoms with Crippen molar-refractivity contribution in [3.05, 3.63) is 66.8 Å². The molecule has 0 aromatic heterocycles. The van der Waals surface area contributed by atoms with Gasteiger partial charge >= 0.3 is 0 Å². The van der Waals surface area contributed by atoms with E-state index in [1.807, 2.05) is 19.1 Å². The second-order valence-corrected chi connectivity index (χ2v) is 6.31. The summed E-state index contributed by atoms with van der Waals surface area (Å²) < 4.78 is 14.8. The summed E-state index contributed by atoms with van der Waals surface area (Å²) in [4.78, 5) is 0. The van der Waals surface area contributed by atoms with Crippen molar-refractivity contribution in [3.8, 4) is 0 Å². The highest BCUT2D eigenvalue weighted by Gasteiger charge is 2.16. The monoisotopic (exact) mass is 406 g/mol. The van der Waals surface area contributed by atoms with Crippen LogP contribution >= 0.6 is 43.5 Å². The van der Waals surface area contributed by atoms with Crippen LogP contribution in [-0.4, -0.2) is 5.11 Å². The van der Waals surface area contributed by atoms with E-state index in [4.69, 9.17) is 11.6 Å². The number of aryl methyl sites for hydroxylation is 1. The van der Waals surface area contributed by atoms with Crippen LogP contribution in [0.25, 0.3) is 0 Å². The van der Waals surface area contributed by atoms with Crippen molar-refractivity contribution >= 4 is 43.5 Å². The molecule has 0 aliphatic rings. The van der Waals surface area contributed by atoms with Crippen molar-refractivity contribution in [2.45, 2.75) is 13.0 Å². The van der Waals surface area contributed by atoms with Gasteiger partial charge in [0.25, 0.3) is 0 Å². The van der Waals surface area contributed by atoms with Gasteiger partial charge in [-0.05, 0) is 42.3 Å². The predicted octanol–water partition coefficient (Wildman–Crippen LogP) is 5.39. The lowest BCUT2D eigenvalue weighted by Crippen LogP contribution is -2.02. The van der Waals surface area contributed by atoms with E-state index >= 15 is 0 Å². The SMILES string of the molecule is Cc1cc(Br)c(C(O)c2ccc(F)c(Cl)c2)cc1Br. The summed E-state index contributed by atoms with van der Waals surface area (Å²) in [5.74, 6) is -0.498. The van der Waals surface area contributed by atoms with Crippen molar-refractivity contribution in [2.75, 3.05) is 0 Å². The summed E-state index contributed by atoms with van der Waals surface area (Å²) in [7, 11) is 0. The number of hydrogen-bond acceptors (Lipinski definition) is 1. The molecule has 1 atom stereocenters. The molecule has 0 fully saturated rings. The molecule has 100 valence electrons. The molecule has 2 aromatic rings. The van der Waals surface area contributed by atoms with Crippen molar-refractivity contribution in [2.24, 2.45) is 0 Å². The highest BCUT2D eigenvalue weighted by molar-refractivity contribution is 9.11. The van der Waals surface area contributed by atoms with Gasteiger partial charge in [-0.3, -0.25) is 0 Å². The second-order valence-electron chi connectivity index (χ2n) is 4.20. The summed E-state index contributed by atoms with van der Waals surface area (Å²) >= 11 is 12.6. The first-order valence-corrected chi connectivity index (χ1v) is 7.45. The number of aliphatic hydroxyl groups is 1. The van der Waals surface area contributed by atoms with Crippen LogP contribution in [0.1, 0.15) is 22.8 Å². The average molecular weight is 408 g/mol. The van der Waals surface area contributed by atoms with Crippen LogP contribution in [0.5, 0.6) is 0 Å². The lowest BCUT2D eigenvalue weighted by atomic mass is 10.0. The first-order valence-electron chi connectivity index (χ1n) is 5.48. The van der Waals surface area contributed by atoms with Crippen molar-refractivity contribution in [1.82, 2.24) is 0 Å². The number of aliphatic hydroxyl groups excluding tert-OH is 1. The molecule has 0 saturated carbocycles. The van der Waals surface area contributed by atoms with Crippen LogP contribution in [0.4, 0.5) is 4.39 Å². The van der Waals surface area contributed by atoms with Gasteiger partial charge in [0.1, 0.15) is 11.9 Å². The molecule has 19 heavy (non-hydrogen) atoms. The van der Waals surface area contributed by atoms with Gasteiger partial charge in [-0.2, -0.15) is 0 Å². The Morgan fingerprint density at radius 2 is 1.84 bits per heavy atom. The largest absolute Gasteiger partial charge is 0.384 e. The molecule has 0 saturated heterocycles. The van der Waals surface area contributed by atoms with Gasteiger partial charge in [0, 0.05) is 14.5 Å². The van der Waals surface area contributed by atoms with E-state index in [-0.39, 0.29) is 5.02 Å². The van der Waals surface area contributed by atoms with Gasteiger partial charge in [0.2, 0.25) is 0 Å². The Kier molecular flexibility index (Phi) is 4.66. The molecule has 0 radical (unpaired) electrons. The van der Waals surface area contributed by atoms with Crippen molar-refractivity contribution in [1.29, 1.82) is 0 Å². The van der Waals surface area contributed by atoms with Crippen LogP contribution in [0.3, 0.4) is 0 Å². The quantitative estimate of drug-likeness (QED) is 0.706. The molecule has 0 bridgehead atoms. The van der Waals surface area contributed by atoms with Crippen LogP contribution in [0.15, 0.2) is 39.3 Å². The summed E-state index contributed by atoms with van der Waals surface area (Å²) in [6, 6.07) is 7.95. The van der Waals surface area contributed by atoms with Gasteiger partial charge in [-0.15, -0.1) is 0 Å². The van der Waals surface area contributed by atoms with Crippen LogP contribution in [-0.2, 0) is 0 Å². The number of halogens is 4. The Hall–Kier alpha value is -0.420. The van der Waals surface area contributed by atoms with Gasteiger partial charge in [-0.25, -0.2) is 4.39 Å². The molecule has 1 unspecified atom stereocenters. The molecule has 0 spiro atoms. The molecule has 2 rings (SSSR count). The fourth-order valence-electron chi connectivity index (χ4n) is 1.73. The van der Waals surface area contributed by atoms with Gasteiger partial charge in [0.15, 0.2) is 0 Å². The Morgan fingerprint density at radius 3 is 2.47 bits per heavy atom. The molecule has 1 nitrogen and oxygen atoms in total. The number of rotatable bonds is 2. The molecule has 0 amide bonds. The lowest BCUT2D eigenvalue weighted by Gasteiger charge is -2.15. The summed E-state index contributed by atoms with van der Waals surface area (Å²) in [5, 5.41) is 10.4. The van der Waals surface area contributed by atoms with Gasteiger partial charge in [-0.1, -0.05) is 49.5 Å². The fourth-order valence-corrected chi connectivity index (χ4v) is 2.96. The lowest BCUT2D eigenvalue weighted by molar-refractivity contribution is 0.219. The third-order valence-electron chi connectivity index (χ3n) is 2.83. The Morgan fingerprint density at radius 1 is 1.16 bits per heavy atom. The molecule has 5 heteroatoms. The zero-order valence-electron chi connectivity index (χ0n) is 9.92. The molecule has 0 aliphatic carbocycles. The Bertz CT molecular complexity index is 631. The predicted molar refractivity (Wildman–Crippen MR) is 82.1 cm³/mol. The van der Waals surface area contributed by atoms with E-state index < -0.39 is 11.9 Å². The van der Waals surface area contributed by atoms with Gasteiger partial charge < -0.3 is 5.11 Å². The van der Waals surface area contributed by atoms with Crippen molar-refractivity contribution < 1.29 is 9.50 Å². The minimum Gasteiger partial charge on any atom is -0.384 e. The number of benzene rings is 2. The topological polar surface area (TPSA) is 20.2 Å².